The minimum atomic E-state index is -0.510. The first-order valence-corrected chi connectivity index (χ1v) is 8.07. The average molecular weight is 327 g/mol. The molecule has 0 atom stereocenters. The first-order chi connectivity index (χ1) is 11.0. The van der Waals surface area contributed by atoms with Crippen molar-refractivity contribution in [2.75, 3.05) is 7.05 Å². The van der Waals surface area contributed by atoms with Crippen molar-refractivity contribution >= 4 is 33.9 Å². The van der Waals surface area contributed by atoms with E-state index in [1.807, 2.05) is 38.1 Å². The van der Waals surface area contributed by atoms with Crippen LogP contribution in [0.4, 0.5) is 0 Å². The number of rotatable bonds is 4. The minimum Gasteiger partial charge on any atom is -0.358 e. The summed E-state index contributed by atoms with van der Waals surface area (Å²) in [7, 11) is 1.64. The number of fused-ring (bicyclic) bond motifs is 1. The molecule has 3 rings (SSSR count). The number of benzene rings is 1. The van der Waals surface area contributed by atoms with Crippen LogP contribution in [0.3, 0.4) is 0 Å². The molecule has 0 saturated heterocycles. The summed E-state index contributed by atoms with van der Waals surface area (Å²) in [6.07, 6.45) is 1.74. The summed E-state index contributed by atoms with van der Waals surface area (Å²) < 4.78 is 0. The third-order valence-corrected chi connectivity index (χ3v) is 4.62. The van der Waals surface area contributed by atoms with Gasteiger partial charge in [0.05, 0.1) is 17.1 Å². The number of likely N-dealkylation sites (N-methyl/N-ethyl adjacent to an activating group) is 1. The molecule has 0 saturated carbocycles. The molecule has 0 aliphatic rings. The summed E-state index contributed by atoms with van der Waals surface area (Å²) in [5.74, 6) is -0.993. The monoisotopic (exact) mass is 327 g/mol. The van der Waals surface area contributed by atoms with E-state index in [9.17, 15) is 9.59 Å². The molecule has 0 spiro atoms. The van der Waals surface area contributed by atoms with E-state index >= 15 is 0 Å². The number of amides is 1. The standard InChI is InChI=1S/C17H17N3O2S/c1-10-15(13-6-4-5-7-14(13)19-10)16(21)17(22)20(3)9-12-8-18-11(2)23-12/h4-8,19H,9H2,1-3H3. The highest BCUT2D eigenvalue weighted by Crippen LogP contribution is 2.23. The number of Topliss-reactive ketones (excluding diaryl/α,β-unsaturated/α-hetero) is 1. The smallest absolute Gasteiger partial charge is 0.295 e. The van der Waals surface area contributed by atoms with Crippen LogP contribution in [0.1, 0.15) is 25.9 Å². The van der Waals surface area contributed by atoms with Crippen LogP contribution >= 0.6 is 11.3 Å². The Morgan fingerprint density at radius 1 is 1.26 bits per heavy atom. The fourth-order valence-electron chi connectivity index (χ4n) is 2.63. The van der Waals surface area contributed by atoms with E-state index in [2.05, 4.69) is 9.97 Å². The number of carbonyl (C=O) groups is 2. The molecule has 23 heavy (non-hydrogen) atoms. The molecule has 5 nitrogen and oxygen atoms in total. The maximum Gasteiger partial charge on any atom is 0.295 e. The van der Waals surface area contributed by atoms with Gasteiger partial charge in [0.2, 0.25) is 0 Å². The highest BCUT2D eigenvalue weighted by atomic mass is 32.1. The molecule has 2 heterocycles. The summed E-state index contributed by atoms with van der Waals surface area (Å²) in [4.78, 5) is 34.9. The van der Waals surface area contributed by atoms with E-state index in [1.165, 1.54) is 16.2 Å². The number of hydrogen-bond acceptors (Lipinski definition) is 4. The van der Waals surface area contributed by atoms with Crippen molar-refractivity contribution in [1.29, 1.82) is 0 Å². The van der Waals surface area contributed by atoms with Crippen LogP contribution < -0.4 is 0 Å². The number of aromatic amines is 1. The molecule has 1 amide bonds. The van der Waals surface area contributed by atoms with Crippen molar-refractivity contribution < 1.29 is 9.59 Å². The first kappa shape index (κ1) is 15.4. The summed E-state index contributed by atoms with van der Waals surface area (Å²) in [5.41, 5.74) is 2.03. The molecule has 0 unspecified atom stereocenters. The lowest BCUT2D eigenvalue weighted by Gasteiger charge is -2.15. The van der Waals surface area contributed by atoms with Gasteiger partial charge in [0.25, 0.3) is 11.7 Å². The molecular weight excluding hydrogens is 310 g/mol. The molecule has 0 aliphatic carbocycles. The van der Waals surface area contributed by atoms with Crippen molar-refractivity contribution in [2.24, 2.45) is 0 Å². The van der Waals surface area contributed by atoms with Gasteiger partial charge in [-0.15, -0.1) is 11.3 Å². The number of aryl methyl sites for hydroxylation is 2. The number of H-pyrrole nitrogens is 1. The topological polar surface area (TPSA) is 66.1 Å². The molecule has 0 radical (unpaired) electrons. The lowest BCUT2D eigenvalue weighted by Crippen LogP contribution is -2.32. The quantitative estimate of drug-likeness (QED) is 0.591. The van der Waals surface area contributed by atoms with Gasteiger partial charge in [0, 0.05) is 34.7 Å². The van der Waals surface area contributed by atoms with E-state index in [0.29, 0.717) is 17.8 Å². The number of hydrogen-bond donors (Lipinski definition) is 1. The molecule has 0 aliphatic heterocycles. The maximum absolute atomic E-state index is 12.7. The molecule has 6 heteroatoms. The molecule has 118 valence electrons. The fourth-order valence-corrected chi connectivity index (χ4v) is 3.48. The summed E-state index contributed by atoms with van der Waals surface area (Å²) in [6, 6.07) is 7.51. The molecule has 1 N–H and O–H groups in total. The summed E-state index contributed by atoms with van der Waals surface area (Å²) in [5, 5.41) is 1.73. The van der Waals surface area contributed by atoms with Crippen LogP contribution in [0.2, 0.25) is 0 Å². The zero-order valence-corrected chi connectivity index (χ0v) is 14.0. The Bertz CT molecular complexity index is 894. The maximum atomic E-state index is 12.7. The van der Waals surface area contributed by atoms with Gasteiger partial charge in [0.1, 0.15) is 0 Å². The Labute approximate surface area is 138 Å². The highest BCUT2D eigenvalue weighted by Gasteiger charge is 2.25. The van der Waals surface area contributed by atoms with E-state index in [-0.39, 0.29) is 0 Å². The minimum absolute atomic E-state index is 0.386. The van der Waals surface area contributed by atoms with Crippen molar-refractivity contribution in [1.82, 2.24) is 14.9 Å². The molecule has 1 aromatic carbocycles. The van der Waals surface area contributed by atoms with Gasteiger partial charge < -0.3 is 9.88 Å². The number of carbonyl (C=O) groups excluding carboxylic acids is 2. The second-order valence-corrected chi connectivity index (χ2v) is 6.83. The molecule has 3 aromatic rings. The van der Waals surface area contributed by atoms with E-state index in [0.717, 1.165) is 20.8 Å². The van der Waals surface area contributed by atoms with Gasteiger partial charge >= 0.3 is 0 Å². The van der Waals surface area contributed by atoms with Gasteiger partial charge in [-0.05, 0) is 19.9 Å². The van der Waals surface area contributed by atoms with Gasteiger partial charge in [-0.3, -0.25) is 9.59 Å². The Kier molecular flexibility index (Phi) is 4.00. The van der Waals surface area contributed by atoms with Crippen LogP contribution in [0.5, 0.6) is 0 Å². The van der Waals surface area contributed by atoms with Crippen LogP contribution in [-0.2, 0) is 11.3 Å². The SMILES string of the molecule is Cc1ncc(CN(C)C(=O)C(=O)c2c(C)[nH]c3ccccc23)s1. The lowest BCUT2D eigenvalue weighted by atomic mass is 10.1. The third kappa shape index (κ3) is 2.90. The fraction of sp³-hybridized carbons (Fsp3) is 0.235. The second-order valence-electron chi connectivity index (χ2n) is 5.51. The van der Waals surface area contributed by atoms with Crippen LogP contribution in [0.15, 0.2) is 30.5 Å². The number of nitrogens with zero attached hydrogens (tertiary/aromatic N) is 2. The third-order valence-electron chi connectivity index (χ3n) is 3.72. The van der Waals surface area contributed by atoms with Crippen LogP contribution in [0, 0.1) is 13.8 Å². The van der Waals surface area contributed by atoms with Crippen molar-refractivity contribution in [3.63, 3.8) is 0 Å². The van der Waals surface area contributed by atoms with Gasteiger partial charge in [0.15, 0.2) is 0 Å². The molecular formula is C17H17N3O2S. The molecule has 2 aromatic heterocycles. The van der Waals surface area contributed by atoms with Crippen LogP contribution in [-0.4, -0.2) is 33.6 Å². The van der Waals surface area contributed by atoms with E-state index in [4.69, 9.17) is 0 Å². The normalized spacial score (nSPS) is 10.9. The Morgan fingerprint density at radius 3 is 2.70 bits per heavy atom. The number of nitrogens with one attached hydrogen (secondary N) is 1. The zero-order chi connectivity index (χ0) is 16.6. The van der Waals surface area contributed by atoms with Gasteiger partial charge in [-0.25, -0.2) is 4.98 Å². The van der Waals surface area contributed by atoms with Crippen molar-refractivity contribution in [3.8, 4) is 0 Å². The lowest BCUT2D eigenvalue weighted by molar-refractivity contribution is -0.125. The highest BCUT2D eigenvalue weighted by molar-refractivity contribution is 7.11. The van der Waals surface area contributed by atoms with Gasteiger partial charge in [-0.2, -0.15) is 0 Å². The zero-order valence-electron chi connectivity index (χ0n) is 13.2. The van der Waals surface area contributed by atoms with E-state index < -0.39 is 11.7 Å². The van der Waals surface area contributed by atoms with Crippen LogP contribution in [0.25, 0.3) is 10.9 Å². The van der Waals surface area contributed by atoms with Crippen molar-refractivity contribution in [3.05, 3.63) is 51.6 Å². The number of para-hydroxylation sites is 1. The Morgan fingerprint density at radius 2 is 2.00 bits per heavy atom. The average Bonchev–Trinajstić information content (AvgIpc) is 3.07. The van der Waals surface area contributed by atoms with Crippen molar-refractivity contribution in [2.45, 2.75) is 20.4 Å². The second kappa shape index (κ2) is 5.96. The Balaban J connectivity index is 1.86. The largest absolute Gasteiger partial charge is 0.358 e. The van der Waals surface area contributed by atoms with E-state index in [1.54, 1.807) is 13.2 Å². The first-order valence-electron chi connectivity index (χ1n) is 7.25. The Hall–Kier alpha value is -2.47. The number of aromatic nitrogens is 2. The summed E-state index contributed by atoms with van der Waals surface area (Å²) >= 11 is 1.53. The number of thiazole rings is 1. The summed E-state index contributed by atoms with van der Waals surface area (Å²) in [6.45, 7) is 4.11. The predicted molar refractivity (Wildman–Crippen MR) is 90.7 cm³/mol. The number of ketones is 1. The molecule has 0 fully saturated rings. The van der Waals surface area contributed by atoms with Gasteiger partial charge in [-0.1, -0.05) is 18.2 Å². The molecule has 0 bridgehead atoms. The predicted octanol–water partition coefficient (Wildman–Crippen LogP) is 3.08.